The summed E-state index contributed by atoms with van der Waals surface area (Å²) < 4.78 is 27.1. The predicted octanol–water partition coefficient (Wildman–Crippen LogP) is 5.38. The van der Waals surface area contributed by atoms with Gasteiger partial charge in [0, 0.05) is 12.6 Å². The van der Waals surface area contributed by atoms with Crippen molar-refractivity contribution < 1.29 is 13.9 Å². The molecule has 1 aromatic carbocycles. The predicted molar refractivity (Wildman–Crippen MR) is 128 cm³/mol. The highest BCUT2D eigenvalue weighted by atomic mass is 32.1. The van der Waals surface area contributed by atoms with Crippen molar-refractivity contribution in [1.82, 2.24) is 15.0 Å². The molecule has 2 atom stereocenters. The summed E-state index contributed by atoms with van der Waals surface area (Å²) in [4.78, 5) is 13.8. The van der Waals surface area contributed by atoms with Crippen LogP contribution in [0.5, 0.6) is 0 Å². The van der Waals surface area contributed by atoms with Crippen LogP contribution in [0.3, 0.4) is 0 Å². The minimum Gasteiger partial charge on any atom is -0.396 e. The number of thiazole rings is 1. The van der Waals surface area contributed by atoms with Gasteiger partial charge in [-0.15, -0.1) is 11.3 Å². The monoisotopic (exact) mass is 463 g/mol. The summed E-state index contributed by atoms with van der Waals surface area (Å²) >= 11 is 1.56. The third kappa shape index (κ3) is 5.50. The molecule has 1 aliphatic rings. The van der Waals surface area contributed by atoms with Gasteiger partial charge in [0.15, 0.2) is 0 Å². The number of hydrogen-bond donors (Lipinski definition) is 3. The van der Waals surface area contributed by atoms with E-state index in [4.69, 9.17) is 4.98 Å². The molecule has 174 valence electrons. The zero-order valence-corrected chi connectivity index (χ0v) is 19.6. The van der Waals surface area contributed by atoms with Crippen LogP contribution in [0.25, 0.3) is 20.8 Å². The lowest BCUT2D eigenvalue weighted by atomic mass is 10.1. The molecule has 0 spiro atoms. The van der Waals surface area contributed by atoms with Gasteiger partial charge in [-0.3, -0.25) is 0 Å². The summed E-state index contributed by atoms with van der Waals surface area (Å²) in [5.74, 6) is 1.07. The van der Waals surface area contributed by atoms with Crippen molar-refractivity contribution >= 4 is 33.3 Å². The highest BCUT2D eigenvalue weighted by Gasteiger charge is 2.27. The number of anilines is 2. The second kappa shape index (κ2) is 11.5. The molecule has 1 saturated carbocycles. The molecule has 3 aromatic rings. The summed E-state index contributed by atoms with van der Waals surface area (Å²) in [5, 5.41) is 16.5. The van der Waals surface area contributed by atoms with Gasteiger partial charge in [-0.1, -0.05) is 26.0 Å². The number of benzene rings is 1. The number of hydrogen-bond acceptors (Lipinski definition) is 7. The lowest BCUT2D eigenvalue weighted by molar-refractivity contribution is 0.229. The van der Waals surface area contributed by atoms with Crippen LogP contribution in [-0.4, -0.2) is 52.1 Å². The highest BCUT2D eigenvalue weighted by Crippen LogP contribution is 2.37. The van der Waals surface area contributed by atoms with Gasteiger partial charge >= 0.3 is 0 Å². The lowest BCUT2D eigenvalue weighted by Crippen LogP contribution is -2.26. The van der Waals surface area contributed by atoms with E-state index in [1.165, 1.54) is 0 Å². The number of aliphatic hydroxyl groups is 1. The van der Waals surface area contributed by atoms with Crippen LogP contribution in [0.4, 0.5) is 20.5 Å². The Kier molecular flexibility index (Phi) is 8.69. The number of nitrogens with zero attached hydrogens (tertiary/aromatic N) is 3. The van der Waals surface area contributed by atoms with Gasteiger partial charge in [0.05, 0.1) is 27.5 Å². The molecule has 0 aliphatic heterocycles. The minimum atomic E-state index is -0.976. The van der Waals surface area contributed by atoms with Crippen molar-refractivity contribution in [1.29, 1.82) is 0 Å². The highest BCUT2D eigenvalue weighted by molar-refractivity contribution is 7.21. The smallest absolute Gasteiger partial charge is 0.225 e. The minimum absolute atomic E-state index is 0.163. The van der Waals surface area contributed by atoms with E-state index in [2.05, 4.69) is 20.6 Å². The molecule has 0 radical (unpaired) electrons. The number of aryl methyl sites for hydroxylation is 1. The van der Waals surface area contributed by atoms with Crippen molar-refractivity contribution in [2.45, 2.75) is 52.1 Å². The molecule has 9 heteroatoms. The third-order valence-corrected chi connectivity index (χ3v) is 6.50. The molecule has 32 heavy (non-hydrogen) atoms. The zero-order valence-electron chi connectivity index (χ0n) is 18.7. The molecule has 0 amide bonds. The Hall–Kier alpha value is -2.39. The van der Waals surface area contributed by atoms with Gasteiger partial charge in [0.1, 0.15) is 24.2 Å². The number of aromatic nitrogens is 3. The van der Waals surface area contributed by atoms with Gasteiger partial charge in [-0.2, -0.15) is 4.98 Å². The Labute approximate surface area is 191 Å². The number of alkyl halides is 2. The maximum Gasteiger partial charge on any atom is 0.225 e. The summed E-state index contributed by atoms with van der Waals surface area (Å²) in [6.45, 7) is 4.34. The first kappa shape index (κ1) is 24.3. The van der Waals surface area contributed by atoms with Crippen LogP contribution in [0.15, 0.2) is 24.3 Å². The standard InChI is InChI=1S/C21H25F2N5OS.C2H6/c1-12-18(20-27-16-4-2-3-5-17(16)30-20)19(25-14-7-6-13(8-14)11-29)28-21(24-12)26-15(9-22)10-23;1-2/h2-5,13-15,29H,6-11H2,1H3,(H2,24,25,26,28);1-2H3. The maximum absolute atomic E-state index is 13.0. The molecule has 2 aromatic heterocycles. The molecule has 0 saturated heterocycles. The van der Waals surface area contributed by atoms with Crippen molar-refractivity contribution in [2.24, 2.45) is 5.92 Å². The van der Waals surface area contributed by atoms with Crippen LogP contribution in [0, 0.1) is 12.8 Å². The summed E-state index contributed by atoms with van der Waals surface area (Å²) in [6, 6.07) is 7.09. The second-order valence-corrected chi connectivity index (χ2v) is 8.73. The third-order valence-electron chi connectivity index (χ3n) is 5.44. The van der Waals surface area contributed by atoms with Crippen LogP contribution < -0.4 is 10.6 Å². The number of para-hydroxylation sites is 1. The van der Waals surface area contributed by atoms with Gasteiger partial charge in [0.25, 0.3) is 0 Å². The Bertz CT molecular complexity index is 978. The van der Waals surface area contributed by atoms with Crippen molar-refractivity contribution in [3.05, 3.63) is 30.0 Å². The normalized spacial score (nSPS) is 18.0. The van der Waals surface area contributed by atoms with E-state index < -0.39 is 19.4 Å². The van der Waals surface area contributed by atoms with Crippen molar-refractivity contribution in [3.63, 3.8) is 0 Å². The average Bonchev–Trinajstić information content (AvgIpc) is 3.45. The van der Waals surface area contributed by atoms with Gasteiger partial charge < -0.3 is 15.7 Å². The van der Waals surface area contributed by atoms with E-state index >= 15 is 0 Å². The van der Waals surface area contributed by atoms with E-state index in [1.54, 1.807) is 11.3 Å². The quantitative estimate of drug-likeness (QED) is 0.416. The molecule has 1 fully saturated rings. The molecule has 0 bridgehead atoms. The molecule has 4 rings (SSSR count). The Morgan fingerprint density at radius 3 is 2.53 bits per heavy atom. The fourth-order valence-corrected chi connectivity index (χ4v) is 4.91. The summed E-state index contributed by atoms with van der Waals surface area (Å²) in [5.41, 5.74) is 2.38. The Morgan fingerprint density at radius 1 is 1.12 bits per heavy atom. The molecular formula is C23H31F2N5OS. The number of rotatable bonds is 8. The van der Waals surface area contributed by atoms with Gasteiger partial charge in [-0.05, 0) is 44.2 Å². The van der Waals surface area contributed by atoms with Crippen LogP contribution in [0.2, 0.25) is 0 Å². The molecule has 1 aliphatic carbocycles. The van der Waals surface area contributed by atoms with Crippen molar-refractivity contribution in [3.8, 4) is 10.6 Å². The number of halogens is 2. The first-order valence-electron chi connectivity index (χ1n) is 11.1. The fraction of sp³-hybridized carbons (Fsp3) is 0.522. The fourth-order valence-electron chi connectivity index (χ4n) is 3.84. The lowest BCUT2D eigenvalue weighted by Gasteiger charge is -2.19. The van der Waals surface area contributed by atoms with Gasteiger partial charge in [0.2, 0.25) is 5.95 Å². The summed E-state index contributed by atoms with van der Waals surface area (Å²) in [6.07, 6.45) is 2.72. The van der Waals surface area contributed by atoms with E-state index in [0.29, 0.717) is 11.5 Å². The molecule has 2 unspecified atom stereocenters. The van der Waals surface area contributed by atoms with Crippen LogP contribution in [0.1, 0.15) is 38.8 Å². The maximum atomic E-state index is 13.0. The van der Waals surface area contributed by atoms with E-state index in [1.807, 2.05) is 45.0 Å². The number of nitrogens with one attached hydrogen (secondary N) is 2. The number of fused-ring (bicyclic) bond motifs is 1. The Balaban J connectivity index is 0.00000141. The SMILES string of the molecule is CC.Cc1nc(NC(CF)CF)nc(NC2CCC(CO)C2)c1-c1nc2ccccc2s1. The van der Waals surface area contributed by atoms with Crippen LogP contribution >= 0.6 is 11.3 Å². The van der Waals surface area contributed by atoms with E-state index in [0.717, 1.165) is 40.1 Å². The molecule has 6 nitrogen and oxygen atoms in total. The van der Waals surface area contributed by atoms with Gasteiger partial charge in [-0.25, -0.2) is 18.7 Å². The first-order valence-corrected chi connectivity index (χ1v) is 11.9. The number of aliphatic hydroxyl groups excluding tert-OH is 1. The topological polar surface area (TPSA) is 83.0 Å². The second-order valence-electron chi connectivity index (χ2n) is 7.70. The van der Waals surface area contributed by atoms with Crippen molar-refractivity contribution in [2.75, 3.05) is 30.6 Å². The first-order chi connectivity index (χ1) is 15.6. The zero-order chi connectivity index (χ0) is 23.1. The molecule has 3 N–H and O–H groups in total. The van der Waals surface area contributed by atoms with E-state index in [9.17, 15) is 13.9 Å². The molecular weight excluding hydrogens is 432 g/mol. The van der Waals surface area contributed by atoms with Crippen LogP contribution in [-0.2, 0) is 0 Å². The average molecular weight is 464 g/mol. The molecule has 2 heterocycles. The largest absolute Gasteiger partial charge is 0.396 e. The van der Waals surface area contributed by atoms with E-state index in [-0.39, 0.29) is 24.5 Å². The summed E-state index contributed by atoms with van der Waals surface area (Å²) in [7, 11) is 0. The Morgan fingerprint density at radius 2 is 1.88 bits per heavy atom.